The Bertz CT molecular complexity index is 506. The van der Waals surface area contributed by atoms with Gasteiger partial charge in [0.1, 0.15) is 11.9 Å². The molecule has 0 spiro atoms. The molecule has 1 fully saturated rings. The summed E-state index contributed by atoms with van der Waals surface area (Å²) in [5.74, 6) is -0.232. The largest absolute Gasteiger partial charge is 0.480 e. The zero-order valence-corrected chi connectivity index (χ0v) is 10.5. The fourth-order valence-corrected chi connectivity index (χ4v) is 2.33. The lowest BCUT2D eigenvalue weighted by atomic mass is 9.92. The minimum Gasteiger partial charge on any atom is -0.480 e. The van der Waals surface area contributed by atoms with Crippen LogP contribution in [0.4, 0.5) is 11.5 Å². The van der Waals surface area contributed by atoms with Gasteiger partial charge in [0.15, 0.2) is 0 Å². The molecule has 2 atom stereocenters. The zero-order valence-electron chi connectivity index (χ0n) is 10.5. The van der Waals surface area contributed by atoms with Crippen molar-refractivity contribution in [2.24, 2.45) is 5.92 Å². The third-order valence-electron chi connectivity index (χ3n) is 3.38. The topological polar surface area (TPSA) is 96.6 Å². The molecule has 2 rings (SSSR count). The lowest BCUT2D eigenvalue weighted by Crippen LogP contribution is -2.47. The van der Waals surface area contributed by atoms with E-state index < -0.39 is 16.9 Å². The first-order valence-electron chi connectivity index (χ1n) is 6.09. The average molecular weight is 265 g/mol. The number of aliphatic carboxylic acids is 1. The fraction of sp³-hybridized carbons (Fsp3) is 0.500. The van der Waals surface area contributed by atoms with Crippen LogP contribution in [-0.2, 0) is 4.79 Å². The van der Waals surface area contributed by atoms with Crippen molar-refractivity contribution in [3.05, 3.63) is 28.4 Å². The number of carbonyl (C=O) groups is 1. The summed E-state index contributed by atoms with van der Waals surface area (Å²) >= 11 is 0. The van der Waals surface area contributed by atoms with Crippen LogP contribution in [0.5, 0.6) is 0 Å². The van der Waals surface area contributed by atoms with E-state index in [2.05, 4.69) is 4.98 Å². The number of aromatic nitrogens is 1. The predicted molar refractivity (Wildman–Crippen MR) is 68.1 cm³/mol. The van der Waals surface area contributed by atoms with E-state index in [0.717, 1.165) is 6.42 Å². The molecule has 19 heavy (non-hydrogen) atoms. The lowest BCUT2D eigenvalue weighted by Gasteiger charge is -2.36. The van der Waals surface area contributed by atoms with Gasteiger partial charge in [0.2, 0.25) is 0 Å². The molecule has 102 valence electrons. The molecule has 0 bridgehead atoms. The molecule has 1 aliphatic rings. The van der Waals surface area contributed by atoms with E-state index in [1.165, 1.54) is 18.3 Å². The Hall–Kier alpha value is -2.18. The van der Waals surface area contributed by atoms with Crippen LogP contribution in [0, 0.1) is 16.0 Å². The number of rotatable bonds is 3. The van der Waals surface area contributed by atoms with E-state index in [-0.39, 0.29) is 5.69 Å². The van der Waals surface area contributed by atoms with Crippen LogP contribution in [0.1, 0.15) is 19.8 Å². The maximum Gasteiger partial charge on any atom is 0.326 e. The second-order valence-corrected chi connectivity index (χ2v) is 4.81. The highest BCUT2D eigenvalue weighted by Gasteiger charge is 2.33. The highest BCUT2D eigenvalue weighted by molar-refractivity contribution is 5.78. The molecule has 0 aliphatic carbocycles. The normalized spacial score (nSPS) is 23.1. The van der Waals surface area contributed by atoms with E-state index in [1.807, 2.05) is 6.92 Å². The third-order valence-corrected chi connectivity index (χ3v) is 3.38. The van der Waals surface area contributed by atoms with Crippen molar-refractivity contribution in [2.75, 3.05) is 11.4 Å². The van der Waals surface area contributed by atoms with Crippen molar-refractivity contribution in [1.29, 1.82) is 0 Å². The summed E-state index contributed by atoms with van der Waals surface area (Å²) in [6.45, 7) is 2.56. The molecule has 1 aromatic rings. The smallest absolute Gasteiger partial charge is 0.326 e. The van der Waals surface area contributed by atoms with E-state index in [4.69, 9.17) is 0 Å². The Morgan fingerprint density at radius 2 is 2.37 bits per heavy atom. The highest BCUT2D eigenvalue weighted by Crippen LogP contribution is 2.28. The van der Waals surface area contributed by atoms with Gasteiger partial charge in [0.25, 0.3) is 5.69 Å². The molecule has 2 heterocycles. The Labute approximate surface area is 110 Å². The standard InChI is InChI=1S/C12H15N3O4/c1-8-3-5-14(10(6-8)12(16)17)11-7-9(15(18)19)2-4-13-11/h2,4,7-8,10H,3,5-6H2,1H3,(H,16,17). The van der Waals surface area contributed by atoms with Crippen LogP contribution in [0.3, 0.4) is 0 Å². The fourth-order valence-electron chi connectivity index (χ4n) is 2.33. The molecular formula is C12H15N3O4. The second-order valence-electron chi connectivity index (χ2n) is 4.81. The maximum absolute atomic E-state index is 11.3. The van der Waals surface area contributed by atoms with E-state index in [9.17, 15) is 20.0 Å². The predicted octanol–water partition coefficient (Wildman–Crippen LogP) is 1.68. The number of pyridine rings is 1. The molecule has 0 amide bonds. The van der Waals surface area contributed by atoms with Crippen molar-refractivity contribution in [3.63, 3.8) is 0 Å². The summed E-state index contributed by atoms with van der Waals surface area (Å²) < 4.78 is 0. The number of anilines is 1. The quantitative estimate of drug-likeness (QED) is 0.659. The van der Waals surface area contributed by atoms with Crippen LogP contribution in [0.25, 0.3) is 0 Å². The number of hydrogen-bond donors (Lipinski definition) is 1. The zero-order chi connectivity index (χ0) is 14.0. The van der Waals surface area contributed by atoms with Gasteiger partial charge >= 0.3 is 5.97 Å². The Kier molecular flexibility index (Phi) is 3.64. The molecule has 1 aromatic heterocycles. The lowest BCUT2D eigenvalue weighted by molar-refractivity contribution is -0.384. The van der Waals surface area contributed by atoms with Gasteiger partial charge in [-0.15, -0.1) is 0 Å². The van der Waals surface area contributed by atoms with Gasteiger partial charge in [0.05, 0.1) is 11.0 Å². The first-order valence-corrected chi connectivity index (χ1v) is 6.09. The van der Waals surface area contributed by atoms with Crippen LogP contribution in [-0.4, -0.2) is 33.6 Å². The number of carboxylic acids is 1. The van der Waals surface area contributed by atoms with E-state index >= 15 is 0 Å². The van der Waals surface area contributed by atoms with Gasteiger partial charge in [-0.05, 0) is 18.8 Å². The summed E-state index contributed by atoms with van der Waals surface area (Å²) in [4.78, 5) is 27.2. The first-order chi connectivity index (χ1) is 8.99. The number of hydrogen-bond acceptors (Lipinski definition) is 5. The molecule has 0 aromatic carbocycles. The molecular weight excluding hydrogens is 250 g/mol. The van der Waals surface area contributed by atoms with Crippen molar-refractivity contribution >= 4 is 17.5 Å². The van der Waals surface area contributed by atoms with Crippen LogP contribution >= 0.6 is 0 Å². The van der Waals surface area contributed by atoms with Crippen LogP contribution in [0.15, 0.2) is 18.3 Å². The molecule has 1 N–H and O–H groups in total. The number of nitro groups is 1. The van der Waals surface area contributed by atoms with Gasteiger partial charge < -0.3 is 10.0 Å². The third kappa shape index (κ3) is 2.81. The number of nitrogens with zero attached hydrogens (tertiary/aromatic N) is 3. The van der Waals surface area contributed by atoms with E-state index in [0.29, 0.717) is 24.7 Å². The molecule has 1 saturated heterocycles. The van der Waals surface area contributed by atoms with Crippen molar-refractivity contribution < 1.29 is 14.8 Å². The minimum atomic E-state index is -0.917. The second kappa shape index (κ2) is 5.21. The van der Waals surface area contributed by atoms with Gasteiger partial charge in [0, 0.05) is 18.8 Å². The molecule has 0 radical (unpaired) electrons. The molecule has 7 heteroatoms. The maximum atomic E-state index is 11.3. The average Bonchev–Trinajstić information content (AvgIpc) is 2.38. The van der Waals surface area contributed by atoms with Crippen LogP contribution < -0.4 is 4.90 Å². The summed E-state index contributed by atoms with van der Waals surface area (Å²) in [5, 5.41) is 20.0. The minimum absolute atomic E-state index is 0.0761. The highest BCUT2D eigenvalue weighted by atomic mass is 16.6. The van der Waals surface area contributed by atoms with Crippen molar-refractivity contribution in [3.8, 4) is 0 Å². The Balaban J connectivity index is 2.30. The molecule has 2 unspecified atom stereocenters. The SMILES string of the molecule is CC1CCN(c2cc([N+](=O)[O-])ccn2)C(C(=O)O)C1. The molecule has 1 aliphatic heterocycles. The molecule has 0 saturated carbocycles. The first kappa shape index (κ1) is 13.3. The Morgan fingerprint density at radius 1 is 1.63 bits per heavy atom. The monoisotopic (exact) mass is 265 g/mol. The summed E-state index contributed by atoms with van der Waals surface area (Å²) in [6.07, 6.45) is 2.72. The van der Waals surface area contributed by atoms with Crippen LogP contribution in [0.2, 0.25) is 0 Å². The van der Waals surface area contributed by atoms with E-state index in [1.54, 1.807) is 4.90 Å². The Morgan fingerprint density at radius 3 is 3.00 bits per heavy atom. The summed E-state index contributed by atoms with van der Waals surface area (Å²) in [5.41, 5.74) is -0.0761. The van der Waals surface area contributed by atoms with Gasteiger partial charge in [-0.3, -0.25) is 10.1 Å². The van der Waals surface area contributed by atoms with Crippen molar-refractivity contribution in [2.45, 2.75) is 25.8 Å². The van der Waals surface area contributed by atoms with Gasteiger partial charge in [-0.1, -0.05) is 6.92 Å². The molecule has 7 nitrogen and oxygen atoms in total. The number of piperidine rings is 1. The van der Waals surface area contributed by atoms with Crippen molar-refractivity contribution in [1.82, 2.24) is 4.98 Å². The van der Waals surface area contributed by atoms with Gasteiger partial charge in [-0.2, -0.15) is 0 Å². The number of carboxylic acid groups (broad SMARTS) is 1. The van der Waals surface area contributed by atoms with Gasteiger partial charge in [-0.25, -0.2) is 9.78 Å². The summed E-state index contributed by atoms with van der Waals surface area (Å²) in [7, 11) is 0. The summed E-state index contributed by atoms with van der Waals surface area (Å²) in [6, 6.07) is 1.95.